The lowest BCUT2D eigenvalue weighted by Gasteiger charge is -2.14. The van der Waals surface area contributed by atoms with Crippen molar-refractivity contribution in [3.8, 4) is 0 Å². The minimum Gasteiger partial charge on any atom is -0.319 e. The zero-order valence-electron chi connectivity index (χ0n) is 9.01. The van der Waals surface area contributed by atoms with Gasteiger partial charge in [0.15, 0.2) is 0 Å². The zero-order valence-corrected chi connectivity index (χ0v) is 11.4. The van der Waals surface area contributed by atoms with E-state index in [2.05, 4.69) is 15.9 Å². The second kappa shape index (κ2) is 4.84. The molecule has 5 heteroatoms. The van der Waals surface area contributed by atoms with Gasteiger partial charge in [-0.25, -0.2) is 8.78 Å². The average molecular weight is 318 g/mol. The standard InChI is InChI=1S/C12H10BrF2NS/c1-6-2-3-8(14)9(10(6)15)11(16)12-7(13)4-5-17-12/h2-5,11H,16H2,1H3. The minimum atomic E-state index is -0.788. The Balaban J connectivity index is 2.55. The van der Waals surface area contributed by atoms with E-state index in [9.17, 15) is 8.78 Å². The van der Waals surface area contributed by atoms with Crippen LogP contribution < -0.4 is 5.73 Å². The van der Waals surface area contributed by atoms with Crippen molar-refractivity contribution in [2.45, 2.75) is 13.0 Å². The molecule has 0 aliphatic carbocycles. The molecular weight excluding hydrogens is 308 g/mol. The molecule has 0 aliphatic rings. The summed E-state index contributed by atoms with van der Waals surface area (Å²) in [5.41, 5.74) is 6.25. The monoisotopic (exact) mass is 317 g/mol. The molecule has 90 valence electrons. The van der Waals surface area contributed by atoms with Crippen LogP contribution in [-0.2, 0) is 0 Å². The van der Waals surface area contributed by atoms with E-state index in [1.165, 1.54) is 23.5 Å². The van der Waals surface area contributed by atoms with E-state index in [0.717, 1.165) is 4.47 Å². The molecule has 2 rings (SSSR count). The summed E-state index contributed by atoms with van der Waals surface area (Å²) >= 11 is 4.69. The van der Waals surface area contributed by atoms with Crippen molar-refractivity contribution in [2.24, 2.45) is 5.73 Å². The van der Waals surface area contributed by atoms with Crippen LogP contribution in [0.15, 0.2) is 28.1 Å². The van der Waals surface area contributed by atoms with Gasteiger partial charge >= 0.3 is 0 Å². The van der Waals surface area contributed by atoms with Gasteiger partial charge in [0.05, 0.1) is 6.04 Å². The van der Waals surface area contributed by atoms with Gasteiger partial charge in [-0.2, -0.15) is 0 Å². The maximum absolute atomic E-state index is 13.9. The lowest BCUT2D eigenvalue weighted by atomic mass is 10.0. The predicted octanol–water partition coefficient (Wildman–Crippen LogP) is 4.15. The van der Waals surface area contributed by atoms with Crippen LogP contribution in [0.25, 0.3) is 0 Å². The number of thiophene rings is 1. The largest absolute Gasteiger partial charge is 0.319 e. The van der Waals surface area contributed by atoms with Gasteiger partial charge in [0.1, 0.15) is 11.6 Å². The van der Waals surface area contributed by atoms with Gasteiger partial charge in [-0.1, -0.05) is 6.07 Å². The van der Waals surface area contributed by atoms with Crippen LogP contribution in [0.1, 0.15) is 22.0 Å². The van der Waals surface area contributed by atoms with Gasteiger partial charge in [-0.05, 0) is 45.9 Å². The number of nitrogens with two attached hydrogens (primary N) is 1. The van der Waals surface area contributed by atoms with Crippen LogP contribution >= 0.6 is 27.3 Å². The molecule has 0 bridgehead atoms. The van der Waals surface area contributed by atoms with E-state index in [-0.39, 0.29) is 5.56 Å². The third-order valence-corrected chi connectivity index (χ3v) is 4.51. The fourth-order valence-electron chi connectivity index (χ4n) is 1.62. The van der Waals surface area contributed by atoms with Gasteiger partial charge in [-0.3, -0.25) is 0 Å². The van der Waals surface area contributed by atoms with Crippen LogP contribution in [-0.4, -0.2) is 0 Å². The van der Waals surface area contributed by atoms with E-state index >= 15 is 0 Å². The molecule has 2 aromatic rings. The number of rotatable bonds is 2. The Morgan fingerprint density at radius 2 is 2.00 bits per heavy atom. The number of aryl methyl sites for hydroxylation is 1. The predicted molar refractivity (Wildman–Crippen MR) is 69.1 cm³/mol. The van der Waals surface area contributed by atoms with Crippen LogP contribution in [0, 0.1) is 18.6 Å². The smallest absolute Gasteiger partial charge is 0.134 e. The van der Waals surface area contributed by atoms with Gasteiger partial charge < -0.3 is 5.73 Å². The van der Waals surface area contributed by atoms with Crippen molar-refractivity contribution in [1.82, 2.24) is 0 Å². The highest BCUT2D eigenvalue weighted by Gasteiger charge is 2.22. The van der Waals surface area contributed by atoms with Gasteiger partial charge in [0, 0.05) is 14.9 Å². The molecule has 1 nitrogen and oxygen atoms in total. The molecule has 0 amide bonds. The summed E-state index contributed by atoms with van der Waals surface area (Å²) in [6, 6.07) is 3.68. The highest BCUT2D eigenvalue weighted by atomic mass is 79.9. The van der Waals surface area contributed by atoms with Crippen LogP contribution in [0.4, 0.5) is 8.78 Å². The first-order chi connectivity index (χ1) is 8.02. The molecule has 17 heavy (non-hydrogen) atoms. The van der Waals surface area contributed by atoms with Crippen molar-refractivity contribution >= 4 is 27.3 Å². The molecule has 0 radical (unpaired) electrons. The maximum atomic E-state index is 13.9. The summed E-state index contributed by atoms with van der Waals surface area (Å²) in [5, 5.41) is 1.82. The molecule has 0 saturated carbocycles. The Morgan fingerprint density at radius 1 is 1.29 bits per heavy atom. The summed E-state index contributed by atoms with van der Waals surface area (Å²) in [5.74, 6) is -1.18. The third-order valence-electron chi connectivity index (χ3n) is 2.56. The quantitative estimate of drug-likeness (QED) is 0.884. The first-order valence-electron chi connectivity index (χ1n) is 4.95. The highest BCUT2D eigenvalue weighted by Crippen LogP contribution is 2.34. The molecular formula is C12H10BrF2NS. The zero-order chi connectivity index (χ0) is 12.6. The highest BCUT2D eigenvalue weighted by molar-refractivity contribution is 9.10. The molecule has 1 aromatic carbocycles. The fraction of sp³-hybridized carbons (Fsp3) is 0.167. The lowest BCUT2D eigenvalue weighted by molar-refractivity contribution is 0.539. The molecule has 1 heterocycles. The molecule has 1 aromatic heterocycles. The number of benzene rings is 1. The van der Waals surface area contributed by atoms with E-state index in [0.29, 0.717) is 10.4 Å². The summed E-state index contributed by atoms with van der Waals surface area (Å²) in [6.07, 6.45) is 0. The summed E-state index contributed by atoms with van der Waals surface area (Å²) in [6.45, 7) is 1.59. The molecule has 1 atom stereocenters. The molecule has 0 aliphatic heterocycles. The molecule has 2 N–H and O–H groups in total. The molecule has 0 fully saturated rings. The van der Waals surface area contributed by atoms with E-state index in [1.54, 1.807) is 6.92 Å². The fourth-order valence-corrected chi connectivity index (χ4v) is 3.25. The number of hydrogen-bond acceptors (Lipinski definition) is 2. The Bertz CT molecular complexity index is 553. The first kappa shape index (κ1) is 12.7. The normalized spacial score (nSPS) is 12.8. The Kier molecular flexibility index (Phi) is 3.61. The van der Waals surface area contributed by atoms with Crippen LogP contribution in [0.3, 0.4) is 0 Å². The first-order valence-corrected chi connectivity index (χ1v) is 6.62. The Morgan fingerprint density at radius 3 is 2.59 bits per heavy atom. The third kappa shape index (κ3) is 2.27. The van der Waals surface area contributed by atoms with Gasteiger partial charge in [-0.15, -0.1) is 11.3 Å². The van der Waals surface area contributed by atoms with Crippen LogP contribution in [0.2, 0.25) is 0 Å². The molecule has 0 spiro atoms. The van der Waals surface area contributed by atoms with Crippen molar-refractivity contribution in [2.75, 3.05) is 0 Å². The Hall–Kier alpha value is -0.780. The second-order valence-corrected chi connectivity index (χ2v) is 5.50. The molecule has 0 saturated heterocycles. The summed E-state index contributed by atoms with van der Waals surface area (Å²) in [4.78, 5) is 0.716. The van der Waals surface area contributed by atoms with E-state index < -0.39 is 17.7 Å². The second-order valence-electron chi connectivity index (χ2n) is 3.70. The van der Waals surface area contributed by atoms with Gasteiger partial charge in [0.25, 0.3) is 0 Å². The number of halogens is 3. The van der Waals surface area contributed by atoms with Crippen LogP contribution in [0.5, 0.6) is 0 Å². The Labute approximate surface area is 110 Å². The number of hydrogen-bond donors (Lipinski definition) is 1. The summed E-state index contributed by atoms with van der Waals surface area (Å²) in [7, 11) is 0. The van der Waals surface area contributed by atoms with Crippen molar-refractivity contribution in [3.63, 3.8) is 0 Å². The van der Waals surface area contributed by atoms with Crippen molar-refractivity contribution in [1.29, 1.82) is 0 Å². The lowest BCUT2D eigenvalue weighted by Crippen LogP contribution is -2.15. The maximum Gasteiger partial charge on any atom is 0.134 e. The van der Waals surface area contributed by atoms with Crippen molar-refractivity contribution < 1.29 is 8.78 Å². The molecule has 1 unspecified atom stereocenters. The van der Waals surface area contributed by atoms with E-state index in [4.69, 9.17) is 5.73 Å². The minimum absolute atomic E-state index is 0.0758. The average Bonchev–Trinajstić information content (AvgIpc) is 2.70. The SMILES string of the molecule is Cc1ccc(F)c(C(N)c2sccc2Br)c1F. The summed E-state index contributed by atoms with van der Waals surface area (Å²) < 4.78 is 28.4. The van der Waals surface area contributed by atoms with Crippen molar-refractivity contribution in [3.05, 3.63) is 55.7 Å². The topological polar surface area (TPSA) is 26.0 Å². The van der Waals surface area contributed by atoms with Gasteiger partial charge in [0.2, 0.25) is 0 Å². The van der Waals surface area contributed by atoms with E-state index in [1.807, 2.05) is 11.4 Å².